The van der Waals surface area contributed by atoms with Gasteiger partial charge >= 0.3 is 0 Å². The Balaban J connectivity index is 2.14. The average Bonchev–Trinajstić information content (AvgIpc) is 2.41. The monoisotopic (exact) mass is 367 g/mol. The Bertz CT molecular complexity index is 551. The van der Waals surface area contributed by atoms with Gasteiger partial charge in [-0.3, -0.25) is 0 Å². The molecule has 1 atom stereocenters. The van der Waals surface area contributed by atoms with E-state index in [1.807, 2.05) is 12.1 Å². The normalized spacial score (nSPS) is 12.0. The van der Waals surface area contributed by atoms with Gasteiger partial charge in [0.2, 0.25) is 0 Å². The number of hydrogen-bond donors (Lipinski definition) is 1. The van der Waals surface area contributed by atoms with Crippen molar-refractivity contribution >= 4 is 28.3 Å². The van der Waals surface area contributed by atoms with Crippen molar-refractivity contribution in [2.75, 3.05) is 12.4 Å². The van der Waals surface area contributed by atoms with E-state index in [-0.39, 0.29) is 6.04 Å². The van der Waals surface area contributed by atoms with Crippen molar-refractivity contribution in [2.24, 2.45) is 0 Å². The van der Waals surface area contributed by atoms with Crippen molar-refractivity contribution in [3.8, 4) is 5.75 Å². The van der Waals surface area contributed by atoms with Crippen molar-refractivity contribution in [3.05, 3.63) is 57.2 Å². The molecule has 0 aliphatic carbocycles. The van der Waals surface area contributed by atoms with Gasteiger partial charge in [-0.2, -0.15) is 0 Å². The summed E-state index contributed by atoms with van der Waals surface area (Å²) in [5.41, 5.74) is 3.62. The molecule has 100 valence electrons. The highest BCUT2D eigenvalue weighted by molar-refractivity contribution is 14.1. The van der Waals surface area contributed by atoms with Crippen LogP contribution in [0.15, 0.2) is 42.5 Å². The first-order valence-electron chi connectivity index (χ1n) is 6.27. The number of methoxy groups -OCH3 is 1. The predicted octanol–water partition coefficient (Wildman–Crippen LogP) is 4.78. The molecule has 0 aliphatic rings. The third kappa shape index (κ3) is 3.62. The van der Waals surface area contributed by atoms with Gasteiger partial charge in [0.05, 0.1) is 7.11 Å². The minimum absolute atomic E-state index is 0.282. The molecule has 2 nitrogen and oxygen atoms in total. The molecule has 0 saturated carbocycles. The second-order valence-electron chi connectivity index (χ2n) is 4.60. The lowest BCUT2D eigenvalue weighted by molar-refractivity contribution is 0.414. The third-order valence-electron chi connectivity index (χ3n) is 3.18. The Labute approximate surface area is 128 Å². The summed E-state index contributed by atoms with van der Waals surface area (Å²) in [6.45, 7) is 4.26. The molecule has 2 aromatic carbocycles. The molecule has 0 bridgehead atoms. The first-order valence-corrected chi connectivity index (χ1v) is 7.34. The van der Waals surface area contributed by atoms with Gasteiger partial charge in [-0.25, -0.2) is 0 Å². The number of rotatable bonds is 4. The Morgan fingerprint density at radius 1 is 1.11 bits per heavy atom. The standard InChI is InChI=1S/C16H18INO/c1-11-10-15(19-3)8-9-16(11)18-12(2)13-4-6-14(17)7-5-13/h4-10,12,18H,1-3H3. The Morgan fingerprint density at radius 2 is 1.79 bits per heavy atom. The topological polar surface area (TPSA) is 21.3 Å². The number of aryl methyl sites for hydroxylation is 1. The summed E-state index contributed by atoms with van der Waals surface area (Å²) < 4.78 is 6.48. The Kier molecular flexibility index (Phi) is 4.69. The summed E-state index contributed by atoms with van der Waals surface area (Å²) in [5.74, 6) is 0.893. The summed E-state index contributed by atoms with van der Waals surface area (Å²) >= 11 is 2.32. The van der Waals surface area contributed by atoms with E-state index in [1.165, 1.54) is 14.7 Å². The lowest BCUT2D eigenvalue weighted by Crippen LogP contribution is -2.07. The molecule has 2 rings (SSSR count). The van der Waals surface area contributed by atoms with Crippen molar-refractivity contribution in [2.45, 2.75) is 19.9 Å². The Morgan fingerprint density at radius 3 is 2.37 bits per heavy atom. The maximum atomic E-state index is 5.22. The summed E-state index contributed by atoms with van der Waals surface area (Å²) in [6.07, 6.45) is 0. The lowest BCUT2D eigenvalue weighted by Gasteiger charge is -2.18. The minimum Gasteiger partial charge on any atom is -0.497 e. The van der Waals surface area contributed by atoms with Gasteiger partial charge in [0, 0.05) is 15.3 Å². The van der Waals surface area contributed by atoms with Crippen LogP contribution in [0.4, 0.5) is 5.69 Å². The van der Waals surface area contributed by atoms with Gasteiger partial charge in [-0.1, -0.05) is 12.1 Å². The first kappa shape index (κ1) is 14.2. The zero-order chi connectivity index (χ0) is 13.8. The highest BCUT2D eigenvalue weighted by Gasteiger charge is 2.07. The maximum Gasteiger partial charge on any atom is 0.119 e. The molecule has 0 spiro atoms. The predicted molar refractivity (Wildman–Crippen MR) is 88.9 cm³/mol. The molecule has 1 unspecified atom stereocenters. The van der Waals surface area contributed by atoms with E-state index in [4.69, 9.17) is 4.74 Å². The third-order valence-corrected chi connectivity index (χ3v) is 3.89. The molecule has 0 aromatic heterocycles. The summed E-state index contributed by atoms with van der Waals surface area (Å²) in [5, 5.41) is 3.54. The summed E-state index contributed by atoms with van der Waals surface area (Å²) in [6, 6.07) is 15.0. The van der Waals surface area contributed by atoms with E-state index in [0.29, 0.717) is 0 Å². The highest BCUT2D eigenvalue weighted by Crippen LogP contribution is 2.25. The van der Waals surface area contributed by atoms with Crippen LogP contribution in [0.1, 0.15) is 24.1 Å². The molecule has 2 aromatic rings. The van der Waals surface area contributed by atoms with Crippen molar-refractivity contribution in [3.63, 3.8) is 0 Å². The van der Waals surface area contributed by atoms with Gasteiger partial charge in [-0.05, 0) is 77.9 Å². The molecule has 1 N–H and O–H groups in total. The van der Waals surface area contributed by atoms with Gasteiger partial charge in [0.25, 0.3) is 0 Å². The van der Waals surface area contributed by atoms with Crippen LogP contribution >= 0.6 is 22.6 Å². The number of benzene rings is 2. The second-order valence-corrected chi connectivity index (χ2v) is 5.84. The molecular formula is C16H18INO. The van der Waals surface area contributed by atoms with E-state index in [2.05, 4.69) is 72.1 Å². The average molecular weight is 367 g/mol. The van der Waals surface area contributed by atoms with Crippen LogP contribution in [0, 0.1) is 10.5 Å². The van der Waals surface area contributed by atoms with E-state index in [1.54, 1.807) is 7.11 Å². The molecule has 19 heavy (non-hydrogen) atoms. The number of hydrogen-bond acceptors (Lipinski definition) is 2. The largest absolute Gasteiger partial charge is 0.497 e. The van der Waals surface area contributed by atoms with E-state index < -0.39 is 0 Å². The molecule has 0 saturated heterocycles. The van der Waals surface area contributed by atoms with E-state index >= 15 is 0 Å². The smallest absolute Gasteiger partial charge is 0.119 e. The number of nitrogens with one attached hydrogen (secondary N) is 1. The van der Waals surface area contributed by atoms with E-state index in [0.717, 1.165) is 11.4 Å². The first-order chi connectivity index (χ1) is 9.10. The molecule has 0 amide bonds. The molecule has 0 aliphatic heterocycles. The molecule has 0 fully saturated rings. The zero-order valence-electron chi connectivity index (χ0n) is 11.4. The van der Waals surface area contributed by atoms with Crippen LogP contribution in [0.3, 0.4) is 0 Å². The SMILES string of the molecule is COc1ccc(NC(C)c2ccc(I)cc2)c(C)c1. The van der Waals surface area contributed by atoms with Crippen LogP contribution < -0.4 is 10.1 Å². The van der Waals surface area contributed by atoms with Crippen molar-refractivity contribution in [1.29, 1.82) is 0 Å². The minimum atomic E-state index is 0.282. The Hall–Kier alpha value is -1.23. The van der Waals surface area contributed by atoms with E-state index in [9.17, 15) is 0 Å². The van der Waals surface area contributed by atoms with Crippen LogP contribution in [0.5, 0.6) is 5.75 Å². The van der Waals surface area contributed by atoms with Crippen molar-refractivity contribution < 1.29 is 4.74 Å². The number of halogens is 1. The highest BCUT2D eigenvalue weighted by atomic mass is 127. The van der Waals surface area contributed by atoms with Crippen molar-refractivity contribution in [1.82, 2.24) is 0 Å². The fraction of sp³-hybridized carbons (Fsp3) is 0.250. The fourth-order valence-electron chi connectivity index (χ4n) is 1.99. The zero-order valence-corrected chi connectivity index (χ0v) is 13.6. The second kappa shape index (κ2) is 6.28. The quantitative estimate of drug-likeness (QED) is 0.786. The van der Waals surface area contributed by atoms with Crippen LogP contribution in [0.2, 0.25) is 0 Å². The molecular weight excluding hydrogens is 349 g/mol. The molecule has 0 radical (unpaired) electrons. The lowest BCUT2D eigenvalue weighted by atomic mass is 10.1. The number of ether oxygens (including phenoxy) is 1. The summed E-state index contributed by atoms with van der Waals surface area (Å²) in [4.78, 5) is 0. The maximum absolute atomic E-state index is 5.22. The number of anilines is 1. The van der Waals surface area contributed by atoms with Crippen LogP contribution in [0.25, 0.3) is 0 Å². The van der Waals surface area contributed by atoms with Gasteiger partial charge < -0.3 is 10.1 Å². The fourth-order valence-corrected chi connectivity index (χ4v) is 2.35. The molecule has 0 heterocycles. The van der Waals surface area contributed by atoms with Crippen LogP contribution in [-0.4, -0.2) is 7.11 Å². The van der Waals surface area contributed by atoms with Gasteiger partial charge in [0.1, 0.15) is 5.75 Å². The van der Waals surface area contributed by atoms with Gasteiger partial charge in [-0.15, -0.1) is 0 Å². The molecule has 3 heteroatoms. The summed E-state index contributed by atoms with van der Waals surface area (Å²) in [7, 11) is 1.69. The van der Waals surface area contributed by atoms with Crippen LogP contribution in [-0.2, 0) is 0 Å². The van der Waals surface area contributed by atoms with Gasteiger partial charge in [0.15, 0.2) is 0 Å².